The van der Waals surface area contributed by atoms with Crippen LogP contribution < -0.4 is 10.5 Å². The van der Waals surface area contributed by atoms with Gasteiger partial charge in [0.25, 0.3) is 0 Å². The van der Waals surface area contributed by atoms with Gasteiger partial charge in [-0.3, -0.25) is 9.79 Å². The highest BCUT2D eigenvalue weighted by Gasteiger charge is 2.16. The summed E-state index contributed by atoms with van der Waals surface area (Å²) in [7, 11) is 0. The van der Waals surface area contributed by atoms with Gasteiger partial charge in [0.2, 0.25) is 0 Å². The van der Waals surface area contributed by atoms with Crippen LogP contribution in [0.1, 0.15) is 29.8 Å². The van der Waals surface area contributed by atoms with Crippen LogP contribution in [0.15, 0.2) is 34.7 Å². The van der Waals surface area contributed by atoms with Crippen LogP contribution in [0.4, 0.5) is 0 Å². The third kappa shape index (κ3) is 2.99. The zero-order valence-electron chi connectivity index (χ0n) is 11.9. The molecule has 2 rings (SSSR count). The number of allylic oxidation sites excluding steroid dienone is 1. The molecule has 0 saturated heterocycles. The van der Waals surface area contributed by atoms with Crippen molar-refractivity contribution in [2.75, 3.05) is 13.2 Å². The van der Waals surface area contributed by atoms with Gasteiger partial charge in [-0.15, -0.1) is 0 Å². The first-order valence-electron chi connectivity index (χ1n) is 6.42. The van der Waals surface area contributed by atoms with Crippen LogP contribution in [0.3, 0.4) is 0 Å². The van der Waals surface area contributed by atoms with E-state index >= 15 is 0 Å². The molecule has 1 aliphatic heterocycles. The number of nitrogens with two attached hydrogens (primary N) is 1. The maximum Gasteiger partial charge on any atom is 0.199 e. The van der Waals surface area contributed by atoms with Crippen molar-refractivity contribution in [3.63, 3.8) is 0 Å². The lowest BCUT2D eigenvalue weighted by Crippen LogP contribution is -2.25. The molecule has 1 aromatic carbocycles. The van der Waals surface area contributed by atoms with Gasteiger partial charge in [0.15, 0.2) is 17.4 Å². The van der Waals surface area contributed by atoms with E-state index in [4.69, 9.17) is 15.2 Å². The minimum atomic E-state index is -0.00449. The van der Waals surface area contributed by atoms with E-state index in [1.165, 1.54) is 6.92 Å². The average Bonchev–Trinajstić information content (AvgIpc) is 2.41. The van der Waals surface area contributed by atoms with E-state index in [0.717, 1.165) is 5.56 Å². The molecule has 0 radical (unpaired) electrons. The van der Waals surface area contributed by atoms with Crippen molar-refractivity contribution < 1.29 is 14.3 Å². The fourth-order valence-electron chi connectivity index (χ4n) is 1.88. The molecule has 0 amide bonds. The zero-order chi connectivity index (χ0) is 14.7. The first-order chi connectivity index (χ1) is 9.49. The highest BCUT2D eigenvalue weighted by atomic mass is 16.5. The van der Waals surface area contributed by atoms with Crippen molar-refractivity contribution in [2.24, 2.45) is 10.7 Å². The molecule has 0 aliphatic carbocycles. The number of benzene rings is 1. The molecule has 20 heavy (non-hydrogen) atoms. The quantitative estimate of drug-likeness (QED) is 0.677. The van der Waals surface area contributed by atoms with E-state index < -0.39 is 0 Å². The van der Waals surface area contributed by atoms with Gasteiger partial charge >= 0.3 is 0 Å². The van der Waals surface area contributed by atoms with E-state index in [-0.39, 0.29) is 5.78 Å². The van der Waals surface area contributed by atoms with Crippen LogP contribution in [0.25, 0.3) is 0 Å². The van der Waals surface area contributed by atoms with Gasteiger partial charge in [-0.1, -0.05) is 12.1 Å². The Morgan fingerprint density at radius 1 is 1.40 bits per heavy atom. The minimum Gasteiger partial charge on any atom is -0.485 e. The Morgan fingerprint density at radius 3 is 2.80 bits per heavy atom. The first-order valence-corrected chi connectivity index (χ1v) is 6.42. The van der Waals surface area contributed by atoms with Gasteiger partial charge in [-0.2, -0.15) is 0 Å². The van der Waals surface area contributed by atoms with Crippen molar-refractivity contribution in [1.29, 1.82) is 0 Å². The van der Waals surface area contributed by atoms with Crippen molar-refractivity contribution in [2.45, 2.75) is 20.8 Å². The Balaban J connectivity index is 2.32. The molecular weight excluding hydrogens is 256 g/mol. The van der Waals surface area contributed by atoms with Crippen molar-refractivity contribution in [3.05, 3.63) is 40.8 Å². The van der Waals surface area contributed by atoms with Gasteiger partial charge < -0.3 is 15.2 Å². The van der Waals surface area contributed by atoms with Crippen molar-refractivity contribution >= 4 is 11.6 Å². The van der Waals surface area contributed by atoms with E-state index in [1.807, 2.05) is 13.0 Å². The summed E-state index contributed by atoms with van der Waals surface area (Å²) in [5.41, 5.74) is 7.32. The number of amidine groups is 1. The van der Waals surface area contributed by atoms with Gasteiger partial charge in [-0.05, 0) is 32.4 Å². The maximum atomic E-state index is 11.4. The number of nitrogens with zero attached hydrogens (tertiary/aromatic N) is 1. The molecule has 0 atom stereocenters. The summed E-state index contributed by atoms with van der Waals surface area (Å²) in [6.07, 6.45) is 0. The number of aliphatic imine (C=N–C) groups is 1. The summed E-state index contributed by atoms with van der Waals surface area (Å²) in [4.78, 5) is 15.5. The largest absolute Gasteiger partial charge is 0.485 e. The summed E-state index contributed by atoms with van der Waals surface area (Å²) in [5, 5.41) is 0. The predicted molar refractivity (Wildman–Crippen MR) is 77.0 cm³/mol. The second-order valence-corrected chi connectivity index (χ2v) is 4.64. The highest BCUT2D eigenvalue weighted by molar-refractivity contribution is 5.96. The lowest BCUT2D eigenvalue weighted by Gasteiger charge is -2.18. The molecule has 0 fully saturated rings. The number of carbonyl (C=O) groups is 1. The minimum absolute atomic E-state index is 0.00449. The fraction of sp³-hybridized carbons (Fsp3) is 0.333. The summed E-state index contributed by atoms with van der Waals surface area (Å²) in [6, 6.07) is 5.35. The third-order valence-corrected chi connectivity index (χ3v) is 3.03. The van der Waals surface area contributed by atoms with Gasteiger partial charge in [0.05, 0.1) is 6.54 Å². The van der Waals surface area contributed by atoms with Gasteiger partial charge in [-0.25, -0.2) is 0 Å². The van der Waals surface area contributed by atoms with Gasteiger partial charge in [0, 0.05) is 5.56 Å². The molecule has 5 heteroatoms. The van der Waals surface area contributed by atoms with E-state index in [2.05, 4.69) is 4.99 Å². The molecule has 106 valence electrons. The predicted octanol–water partition coefficient (Wildman–Crippen LogP) is 2.20. The second-order valence-electron chi connectivity index (χ2n) is 4.64. The number of carbonyl (C=O) groups excluding carboxylic acids is 1. The van der Waals surface area contributed by atoms with Crippen LogP contribution in [-0.4, -0.2) is 24.8 Å². The standard InChI is InChI=1S/C15H18N2O3/c1-9-4-5-12(10(2)18)8-13(9)20-11(3)14-15(16)17-6-7-19-14/h4-5,8H,6-7H2,1-3H3,(H2,16,17)/b14-11-. The lowest BCUT2D eigenvalue weighted by atomic mass is 10.1. The summed E-state index contributed by atoms with van der Waals surface area (Å²) in [6.45, 7) is 6.25. The fourth-order valence-corrected chi connectivity index (χ4v) is 1.88. The SMILES string of the molecule is CC(=O)c1ccc(C)c(O/C(C)=C2\OCCN=C2N)c1. The number of hydrogen-bond donors (Lipinski definition) is 1. The molecule has 1 heterocycles. The number of Topliss-reactive ketones (excluding diaryl/α,β-unsaturated/α-hetero) is 1. The van der Waals surface area contributed by atoms with E-state index in [1.54, 1.807) is 19.1 Å². The van der Waals surface area contributed by atoms with E-state index in [0.29, 0.717) is 41.8 Å². The first kappa shape index (κ1) is 14.1. The summed E-state index contributed by atoms with van der Waals surface area (Å²) >= 11 is 0. The topological polar surface area (TPSA) is 73.9 Å². The number of ether oxygens (including phenoxy) is 2. The monoisotopic (exact) mass is 274 g/mol. The van der Waals surface area contributed by atoms with Crippen LogP contribution in [0.2, 0.25) is 0 Å². The molecular formula is C15H18N2O3. The number of rotatable bonds is 3. The molecule has 0 spiro atoms. The van der Waals surface area contributed by atoms with Crippen LogP contribution in [0, 0.1) is 6.92 Å². The normalized spacial score (nSPS) is 17.1. The maximum absolute atomic E-state index is 11.4. The molecule has 1 aliphatic rings. The smallest absolute Gasteiger partial charge is 0.199 e. The summed E-state index contributed by atoms with van der Waals surface area (Å²) in [5.74, 6) is 1.95. The number of aryl methyl sites for hydroxylation is 1. The Labute approximate surface area is 118 Å². The Bertz CT molecular complexity index is 603. The molecule has 5 nitrogen and oxygen atoms in total. The average molecular weight is 274 g/mol. The summed E-state index contributed by atoms with van der Waals surface area (Å²) < 4.78 is 11.3. The van der Waals surface area contributed by atoms with Crippen LogP contribution in [-0.2, 0) is 4.74 Å². The zero-order valence-corrected chi connectivity index (χ0v) is 11.9. The third-order valence-electron chi connectivity index (χ3n) is 3.03. The molecule has 0 bridgehead atoms. The highest BCUT2D eigenvalue weighted by Crippen LogP contribution is 2.23. The van der Waals surface area contributed by atoms with Crippen molar-refractivity contribution in [1.82, 2.24) is 0 Å². The molecule has 1 aromatic rings. The molecule has 0 saturated carbocycles. The number of ketones is 1. The van der Waals surface area contributed by atoms with Crippen LogP contribution in [0.5, 0.6) is 5.75 Å². The Kier molecular flexibility index (Phi) is 4.08. The van der Waals surface area contributed by atoms with E-state index in [9.17, 15) is 4.79 Å². The molecule has 0 aromatic heterocycles. The Morgan fingerprint density at radius 2 is 2.15 bits per heavy atom. The lowest BCUT2D eigenvalue weighted by molar-refractivity contribution is 0.101. The number of hydrogen-bond acceptors (Lipinski definition) is 5. The van der Waals surface area contributed by atoms with Crippen molar-refractivity contribution in [3.8, 4) is 5.75 Å². The van der Waals surface area contributed by atoms with Crippen LogP contribution >= 0.6 is 0 Å². The molecule has 2 N–H and O–H groups in total. The second kappa shape index (κ2) is 5.77. The van der Waals surface area contributed by atoms with Gasteiger partial charge in [0.1, 0.15) is 18.1 Å². The Hall–Kier alpha value is -2.30. The molecule has 0 unspecified atom stereocenters.